The number of carboxylic acid groups (broad SMARTS) is 1. The zero-order valence-corrected chi connectivity index (χ0v) is 19.5. The fourth-order valence-electron chi connectivity index (χ4n) is 4.73. The lowest BCUT2D eigenvalue weighted by atomic mass is 9.82. The minimum absolute atomic E-state index is 0.0164. The number of fused-ring (bicyclic) bond motifs is 3. The van der Waals surface area contributed by atoms with Gasteiger partial charge in [0.25, 0.3) is 0 Å². The molecule has 2 aliphatic rings. The quantitative estimate of drug-likeness (QED) is 0.281. The number of aliphatic carboxylic acids is 1. The summed E-state index contributed by atoms with van der Waals surface area (Å²) in [5, 5.41) is 12.5. The molecular weight excluding hydrogens is 456 g/mol. The SMILES string of the molecule is Cc1ccc(C(=O)CSc2nc3ccc(NC(=O)[C@@H]4[C@@H](C(=O)O)[C@H]5C=C[C@H]4C5)cc3s2)cc1. The Morgan fingerprint density at radius 3 is 2.55 bits per heavy atom. The van der Waals surface area contributed by atoms with Gasteiger partial charge in [-0.05, 0) is 43.4 Å². The third-order valence-electron chi connectivity index (χ3n) is 6.38. The van der Waals surface area contributed by atoms with Gasteiger partial charge < -0.3 is 10.4 Å². The number of benzene rings is 2. The van der Waals surface area contributed by atoms with Crippen LogP contribution in [-0.4, -0.2) is 33.5 Å². The van der Waals surface area contributed by atoms with Crippen LogP contribution in [0.2, 0.25) is 0 Å². The summed E-state index contributed by atoms with van der Waals surface area (Å²) in [7, 11) is 0. The molecule has 2 aromatic carbocycles. The van der Waals surface area contributed by atoms with Gasteiger partial charge in [0.05, 0.1) is 27.8 Å². The molecule has 3 aromatic rings. The van der Waals surface area contributed by atoms with Gasteiger partial charge in [0.15, 0.2) is 10.1 Å². The topological polar surface area (TPSA) is 96.4 Å². The van der Waals surface area contributed by atoms with Crippen molar-refractivity contribution in [1.29, 1.82) is 0 Å². The van der Waals surface area contributed by atoms with Crippen LogP contribution in [0.3, 0.4) is 0 Å². The molecule has 6 nitrogen and oxygen atoms in total. The van der Waals surface area contributed by atoms with E-state index in [2.05, 4.69) is 10.3 Å². The van der Waals surface area contributed by atoms with Crippen molar-refractivity contribution >= 4 is 56.7 Å². The first-order chi connectivity index (χ1) is 15.9. The molecule has 5 rings (SSSR count). The molecule has 0 unspecified atom stereocenters. The van der Waals surface area contributed by atoms with Crippen molar-refractivity contribution in [2.24, 2.45) is 23.7 Å². The van der Waals surface area contributed by atoms with E-state index in [1.807, 2.05) is 55.5 Å². The van der Waals surface area contributed by atoms with E-state index in [1.54, 1.807) is 6.07 Å². The summed E-state index contributed by atoms with van der Waals surface area (Å²) in [5.74, 6) is -2.09. The Morgan fingerprint density at radius 2 is 1.82 bits per heavy atom. The lowest BCUT2D eigenvalue weighted by Gasteiger charge is -2.23. The van der Waals surface area contributed by atoms with Gasteiger partial charge in [-0.1, -0.05) is 53.7 Å². The van der Waals surface area contributed by atoms with E-state index in [4.69, 9.17) is 0 Å². The Hall–Kier alpha value is -2.97. The van der Waals surface area contributed by atoms with Crippen LogP contribution in [0.1, 0.15) is 22.3 Å². The zero-order valence-electron chi connectivity index (χ0n) is 17.9. The van der Waals surface area contributed by atoms with Crippen LogP contribution in [0.5, 0.6) is 0 Å². The van der Waals surface area contributed by atoms with Gasteiger partial charge in [0.2, 0.25) is 5.91 Å². The van der Waals surface area contributed by atoms with Crippen LogP contribution in [0, 0.1) is 30.6 Å². The first kappa shape index (κ1) is 21.9. The molecule has 1 amide bonds. The number of amides is 1. The van der Waals surface area contributed by atoms with Crippen molar-refractivity contribution in [1.82, 2.24) is 4.98 Å². The molecule has 1 saturated carbocycles. The number of rotatable bonds is 7. The van der Waals surface area contributed by atoms with Crippen molar-refractivity contribution < 1.29 is 19.5 Å². The third kappa shape index (κ3) is 4.32. The number of nitrogens with one attached hydrogen (secondary N) is 1. The molecule has 1 heterocycles. The average molecular weight is 479 g/mol. The fraction of sp³-hybridized carbons (Fsp3) is 0.280. The number of carbonyl (C=O) groups excluding carboxylic acids is 2. The minimum atomic E-state index is -0.910. The first-order valence-electron chi connectivity index (χ1n) is 10.7. The highest BCUT2D eigenvalue weighted by molar-refractivity contribution is 8.01. The number of thioether (sulfide) groups is 1. The van der Waals surface area contributed by atoms with E-state index in [0.717, 1.165) is 26.5 Å². The predicted molar refractivity (Wildman–Crippen MR) is 130 cm³/mol. The lowest BCUT2D eigenvalue weighted by Crippen LogP contribution is -2.36. The number of hydrogen-bond donors (Lipinski definition) is 2. The summed E-state index contributed by atoms with van der Waals surface area (Å²) < 4.78 is 1.69. The van der Waals surface area contributed by atoms with Crippen LogP contribution >= 0.6 is 23.1 Å². The van der Waals surface area contributed by atoms with Gasteiger partial charge in [0, 0.05) is 11.3 Å². The normalized spacial score (nSPS) is 23.2. The number of thiazole rings is 1. The molecule has 168 valence electrons. The van der Waals surface area contributed by atoms with E-state index in [1.165, 1.54) is 23.1 Å². The molecule has 0 saturated heterocycles. The molecule has 0 radical (unpaired) electrons. The van der Waals surface area contributed by atoms with Crippen molar-refractivity contribution in [2.75, 3.05) is 11.1 Å². The standard InChI is InChI=1S/C25H22N2O4S2/c1-13-2-4-14(5-3-13)19(28)12-32-25-27-18-9-8-17(11-20(18)33-25)26-23(29)21-15-6-7-16(10-15)22(21)24(30)31/h2-9,11,15-16,21-22H,10,12H2,1H3,(H,26,29)(H,30,31)/t15-,16-,21-,22-/m0/s1. The van der Waals surface area contributed by atoms with Crippen LogP contribution < -0.4 is 5.32 Å². The maximum absolute atomic E-state index is 12.9. The van der Waals surface area contributed by atoms with Gasteiger partial charge in [-0.2, -0.15) is 0 Å². The molecule has 33 heavy (non-hydrogen) atoms. The Kier molecular flexibility index (Phi) is 5.80. The maximum atomic E-state index is 12.9. The summed E-state index contributed by atoms with van der Waals surface area (Å²) in [6.07, 6.45) is 4.63. The second-order valence-electron chi connectivity index (χ2n) is 8.57. The molecule has 8 heteroatoms. The number of hydrogen-bond acceptors (Lipinski definition) is 6. The second kappa shape index (κ2) is 8.76. The summed E-state index contributed by atoms with van der Waals surface area (Å²) in [4.78, 5) is 41.7. The van der Waals surface area contributed by atoms with E-state index in [-0.39, 0.29) is 23.5 Å². The molecule has 2 aliphatic carbocycles. The maximum Gasteiger partial charge on any atom is 0.307 e. The molecule has 1 aromatic heterocycles. The Morgan fingerprint density at radius 1 is 1.09 bits per heavy atom. The molecule has 0 aliphatic heterocycles. The van der Waals surface area contributed by atoms with E-state index >= 15 is 0 Å². The minimum Gasteiger partial charge on any atom is -0.481 e. The molecule has 0 spiro atoms. The first-order valence-corrected chi connectivity index (χ1v) is 12.5. The Bertz CT molecular complexity index is 1280. The van der Waals surface area contributed by atoms with E-state index in [9.17, 15) is 19.5 Å². The van der Waals surface area contributed by atoms with Gasteiger partial charge >= 0.3 is 5.97 Å². The zero-order chi connectivity index (χ0) is 23.1. The molecule has 2 bridgehead atoms. The number of carbonyl (C=O) groups is 3. The predicted octanol–water partition coefficient (Wildman–Crippen LogP) is 5.04. The van der Waals surface area contributed by atoms with Crippen LogP contribution in [-0.2, 0) is 9.59 Å². The highest BCUT2D eigenvalue weighted by Gasteiger charge is 2.51. The van der Waals surface area contributed by atoms with Gasteiger partial charge in [-0.25, -0.2) is 4.98 Å². The molecule has 2 N–H and O–H groups in total. The van der Waals surface area contributed by atoms with Gasteiger partial charge in [-0.3, -0.25) is 14.4 Å². The van der Waals surface area contributed by atoms with Gasteiger partial charge in [0.1, 0.15) is 0 Å². The number of anilines is 1. The van der Waals surface area contributed by atoms with Crippen molar-refractivity contribution in [3.8, 4) is 0 Å². The Labute approximate surface area is 199 Å². The number of aromatic nitrogens is 1. The number of carboxylic acids is 1. The number of allylic oxidation sites excluding steroid dienone is 2. The number of ketones is 1. The third-order valence-corrected chi connectivity index (χ3v) is 8.54. The van der Waals surface area contributed by atoms with Crippen LogP contribution in [0.15, 0.2) is 59.0 Å². The fourth-order valence-corrected chi connectivity index (χ4v) is 6.74. The molecule has 4 atom stereocenters. The van der Waals surface area contributed by atoms with Crippen molar-refractivity contribution in [3.63, 3.8) is 0 Å². The van der Waals surface area contributed by atoms with Crippen molar-refractivity contribution in [3.05, 3.63) is 65.7 Å². The van der Waals surface area contributed by atoms with E-state index in [0.29, 0.717) is 17.0 Å². The molecular formula is C25H22N2O4S2. The monoisotopic (exact) mass is 478 g/mol. The number of nitrogens with zero attached hydrogens (tertiary/aromatic N) is 1. The van der Waals surface area contributed by atoms with E-state index < -0.39 is 17.8 Å². The highest BCUT2D eigenvalue weighted by atomic mass is 32.2. The number of aryl methyl sites for hydroxylation is 1. The summed E-state index contributed by atoms with van der Waals surface area (Å²) in [6, 6.07) is 13.0. The van der Waals surface area contributed by atoms with Crippen LogP contribution in [0.25, 0.3) is 10.2 Å². The highest BCUT2D eigenvalue weighted by Crippen LogP contribution is 2.48. The Balaban J connectivity index is 1.26. The summed E-state index contributed by atoms with van der Waals surface area (Å²) >= 11 is 2.87. The summed E-state index contributed by atoms with van der Waals surface area (Å²) in [5.41, 5.74) is 3.23. The smallest absolute Gasteiger partial charge is 0.307 e. The van der Waals surface area contributed by atoms with Gasteiger partial charge in [-0.15, -0.1) is 11.3 Å². The largest absolute Gasteiger partial charge is 0.481 e. The number of Topliss-reactive ketones (excluding diaryl/α,β-unsaturated/α-hetero) is 1. The van der Waals surface area contributed by atoms with Crippen LogP contribution in [0.4, 0.5) is 5.69 Å². The molecule has 1 fully saturated rings. The summed E-state index contributed by atoms with van der Waals surface area (Å²) in [6.45, 7) is 1.99. The second-order valence-corrected chi connectivity index (χ2v) is 10.8. The lowest BCUT2D eigenvalue weighted by molar-refractivity contribution is -0.146. The van der Waals surface area contributed by atoms with Crippen molar-refractivity contribution in [2.45, 2.75) is 17.7 Å². The average Bonchev–Trinajstić information content (AvgIpc) is 3.51.